The maximum absolute atomic E-state index is 5.43. The van der Waals surface area contributed by atoms with Gasteiger partial charge in [0.15, 0.2) is 0 Å². The maximum Gasteiger partial charge on any atom is 0.224 e. The van der Waals surface area contributed by atoms with Gasteiger partial charge in [0.2, 0.25) is 11.8 Å². The average Bonchev–Trinajstić information content (AvgIpc) is 2.38. The van der Waals surface area contributed by atoms with E-state index in [1.807, 2.05) is 0 Å². The Kier molecular flexibility index (Phi) is 6.27. The first-order valence-corrected chi connectivity index (χ1v) is 5.66. The van der Waals surface area contributed by atoms with Crippen LogP contribution in [0.25, 0.3) is 0 Å². The summed E-state index contributed by atoms with van der Waals surface area (Å²) in [7, 11) is 3.17. The van der Waals surface area contributed by atoms with Crippen LogP contribution in [0.15, 0.2) is 6.33 Å². The second kappa shape index (κ2) is 7.81. The molecule has 1 heterocycles. The van der Waals surface area contributed by atoms with E-state index in [-0.39, 0.29) is 0 Å². The summed E-state index contributed by atoms with van der Waals surface area (Å²) in [4.78, 5) is 8.10. The van der Waals surface area contributed by atoms with Gasteiger partial charge in [-0.05, 0) is 25.9 Å². The van der Waals surface area contributed by atoms with E-state index in [2.05, 4.69) is 15.3 Å². The van der Waals surface area contributed by atoms with Crippen LogP contribution in [0.1, 0.15) is 18.4 Å². The molecule has 17 heavy (non-hydrogen) atoms. The van der Waals surface area contributed by atoms with Crippen molar-refractivity contribution in [3.63, 3.8) is 0 Å². The topological polar surface area (TPSA) is 82.3 Å². The fourth-order valence-electron chi connectivity index (χ4n) is 1.49. The Morgan fingerprint density at radius 1 is 1.18 bits per heavy atom. The molecule has 0 saturated carbocycles. The minimum absolute atomic E-state index is 0.545. The van der Waals surface area contributed by atoms with Gasteiger partial charge in [-0.3, -0.25) is 0 Å². The van der Waals surface area contributed by atoms with Crippen molar-refractivity contribution in [1.82, 2.24) is 15.3 Å². The van der Waals surface area contributed by atoms with Crippen molar-refractivity contribution < 1.29 is 9.47 Å². The summed E-state index contributed by atoms with van der Waals surface area (Å²) >= 11 is 0. The minimum Gasteiger partial charge on any atom is -0.481 e. The number of rotatable bonds is 8. The molecule has 0 saturated heterocycles. The van der Waals surface area contributed by atoms with Crippen LogP contribution in [0.2, 0.25) is 0 Å². The van der Waals surface area contributed by atoms with Crippen molar-refractivity contribution in [2.24, 2.45) is 5.73 Å². The van der Waals surface area contributed by atoms with E-state index in [0.717, 1.165) is 31.5 Å². The monoisotopic (exact) mass is 240 g/mol. The van der Waals surface area contributed by atoms with Gasteiger partial charge in [-0.25, -0.2) is 9.97 Å². The molecule has 96 valence electrons. The van der Waals surface area contributed by atoms with E-state index in [1.165, 1.54) is 6.33 Å². The van der Waals surface area contributed by atoms with Crippen LogP contribution < -0.4 is 20.5 Å². The molecule has 0 aliphatic rings. The van der Waals surface area contributed by atoms with E-state index >= 15 is 0 Å². The fraction of sp³-hybridized carbons (Fsp3) is 0.636. The molecule has 0 aliphatic carbocycles. The molecule has 0 atom stereocenters. The lowest BCUT2D eigenvalue weighted by molar-refractivity contribution is 0.359. The molecule has 1 aromatic rings. The third-order valence-corrected chi connectivity index (χ3v) is 2.36. The molecule has 0 fully saturated rings. The molecule has 0 unspecified atom stereocenters. The summed E-state index contributed by atoms with van der Waals surface area (Å²) in [6, 6.07) is 0. The molecular formula is C11H20N4O2. The van der Waals surface area contributed by atoms with Gasteiger partial charge in [0.05, 0.1) is 19.8 Å². The Morgan fingerprint density at radius 3 is 2.35 bits per heavy atom. The predicted molar refractivity (Wildman–Crippen MR) is 65.1 cm³/mol. The molecular weight excluding hydrogens is 220 g/mol. The number of aromatic nitrogens is 2. The van der Waals surface area contributed by atoms with Crippen LogP contribution in [0.3, 0.4) is 0 Å². The van der Waals surface area contributed by atoms with E-state index in [9.17, 15) is 0 Å². The number of nitrogens with one attached hydrogen (secondary N) is 1. The molecule has 0 aliphatic heterocycles. The van der Waals surface area contributed by atoms with Crippen molar-refractivity contribution >= 4 is 0 Å². The van der Waals surface area contributed by atoms with Gasteiger partial charge >= 0.3 is 0 Å². The highest BCUT2D eigenvalue weighted by Gasteiger charge is 2.11. The number of ether oxygens (including phenoxy) is 2. The molecule has 0 bridgehead atoms. The van der Waals surface area contributed by atoms with Crippen molar-refractivity contribution in [3.8, 4) is 11.8 Å². The Labute approximate surface area is 102 Å². The second-order valence-electron chi connectivity index (χ2n) is 3.54. The van der Waals surface area contributed by atoms with Crippen LogP contribution in [0.5, 0.6) is 11.8 Å². The van der Waals surface area contributed by atoms with Gasteiger partial charge in [-0.15, -0.1) is 0 Å². The normalized spacial score (nSPS) is 10.3. The summed E-state index contributed by atoms with van der Waals surface area (Å²) in [5.41, 5.74) is 6.26. The molecule has 1 rings (SSSR count). The largest absolute Gasteiger partial charge is 0.481 e. The number of methoxy groups -OCH3 is 2. The maximum atomic E-state index is 5.43. The number of hydrogen-bond acceptors (Lipinski definition) is 6. The Morgan fingerprint density at radius 2 is 1.82 bits per heavy atom. The summed E-state index contributed by atoms with van der Waals surface area (Å²) in [6.07, 6.45) is 3.50. The molecule has 0 amide bonds. The fourth-order valence-corrected chi connectivity index (χ4v) is 1.49. The molecule has 0 aromatic carbocycles. The van der Waals surface area contributed by atoms with Gasteiger partial charge in [0, 0.05) is 6.54 Å². The number of unbranched alkanes of at least 4 members (excludes halogenated alkanes) is 1. The van der Waals surface area contributed by atoms with E-state index in [0.29, 0.717) is 18.3 Å². The van der Waals surface area contributed by atoms with E-state index in [4.69, 9.17) is 15.2 Å². The highest BCUT2D eigenvalue weighted by atomic mass is 16.5. The lowest BCUT2D eigenvalue weighted by atomic mass is 10.2. The third-order valence-electron chi connectivity index (χ3n) is 2.36. The zero-order valence-corrected chi connectivity index (χ0v) is 10.4. The molecule has 1 aromatic heterocycles. The van der Waals surface area contributed by atoms with Gasteiger partial charge in [-0.1, -0.05) is 0 Å². The van der Waals surface area contributed by atoms with Crippen LogP contribution in [-0.4, -0.2) is 37.3 Å². The number of nitrogens with two attached hydrogens (primary N) is 1. The molecule has 6 nitrogen and oxygen atoms in total. The summed E-state index contributed by atoms with van der Waals surface area (Å²) in [6.45, 7) is 2.25. The molecule has 0 spiro atoms. The van der Waals surface area contributed by atoms with Crippen molar-refractivity contribution in [2.45, 2.75) is 19.4 Å². The van der Waals surface area contributed by atoms with E-state index in [1.54, 1.807) is 14.2 Å². The Balaban J connectivity index is 2.55. The average molecular weight is 240 g/mol. The molecule has 6 heteroatoms. The highest BCUT2D eigenvalue weighted by molar-refractivity contribution is 5.34. The summed E-state index contributed by atoms with van der Waals surface area (Å²) < 4.78 is 10.3. The zero-order chi connectivity index (χ0) is 12.5. The quantitative estimate of drug-likeness (QED) is 0.637. The first kappa shape index (κ1) is 13.7. The van der Waals surface area contributed by atoms with Crippen LogP contribution in [-0.2, 0) is 6.54 Å². The van der Waals surface area contributed by atoms with Crippen molar-refractivity contribution in [1.29, 1.82) is 0 Å². The first-order chi connectivity index (χ1) is 8.33. The molecule has 0 radical (unpaired) electrons. The van der Waals surface area contributed by atoms with Gasteiger partial charge in [0.25, 0.3) is 0 Å². The van der Waals surface area contributed by atoms with Crippen molar-refractivity contribution in [3.05, 3.63) is 11.9 Å². The third kappa shape index (κ3) is 4.16. The van der Waals surface area contributed by atoms with Crippen LogP contribution >= 0.6 is 0 Å². The summed E-state index contributed by atoms with van der Waals surface area (Å²) in [5, 5.41) is 3.29. The lowest BCUT2D eigenvalue weighted by Gasteiger charge is -2.11. The standard InChI is InChI=1S/C11H20N4O2/c1-16-10-9(7-13-6-4-3-5-12)11(17-2)15-8-14-10/h8,13H,3-7,12H2,1-2H3. The second-order valence-corrected chi connectivity index (χ2v) is 3.54. The molecule has 3 N–H and O–H groups in total. The number of nitrogens with zero attached hydrogens (tertiary/aromatic N) is 2. The van der Waals surface area contributed by atoms with E-state index < -0.39 is 0 Å². The van der Waals surface area contributed by atoms with Crippen LogP contribution in [0.4, 0.5) is 0 Å². The minimum atomic E-state index is 0.545. The van der Waals surface area contributed by atoms with Gasteiger partial charge in [-0.2, -0.15) is 0 Å². The van der Waals surface area contributed by atoms with Gasteiger partial charge in [0.1, 0.15) is 6.33 Å². The summed E-state index contributed by atoms with van der Waals surface area (Å²) in [5.74, 6) is 1.09. The Bertz CT molecular complexity index is 311. The van der Waals surface area contributed by atoms with Crippen LogP contribution in [0, 0.1) is 0 Å². The van der Waals surface area contributed by atoms with Gasteiger partial charge < -0.3 is 20.5 Å². The number of hydrogen-bond donors (Lipinski definition) is 2. The smallest absolute Gasteiger partial charge is 0.224 e. The van der Waals surface area contributed by atoms with Crippen molar-refractivity contribution in [2.75, 3.05) is 27.3 Å². The zero-order valence-electron chi connectivity index (χ0n) is 10.4. The highest BCUT2D eigenvalue weighted by Crippen LogP contribution is 2.22. The predicted octanol–water partition coefficient (Wildman–Crippen LogP) is 0.322. The first-order valence-electron chi connectivity index (χ1n) is 5.66. The Hall–Kier alpha value is -1.40. The lowest BCUT2D eigenvalue weighted by Crippen LogP contribution is -2.17. The SMILES string of the molecule is COc1ncnc(OC)c1CNCCCCN.